The maximum atomic E-state index is 11.0. The Hall–Kier alpha value is -1.77. The number of hydrogen-bond donors (Lipinski definition) is 1. The number of aryl methyl sites for hydroxylation is 1. The van der Waals surface area contributed by atoms with Crippen molar-refractivity contribution in [1.29, 1.82) is 0 Å². The summed E-state index contributed by atoms with van der Waals surface area (Å²) in [6, 6.07) is 7.28. The summed E-state index contributed by atoms with van der Waals surface area (Å²) in [5.74, 6) is -0.118. The summed E-state index contributed by atoms with van der Waals surface area (Å²) < 4.78 is 4.91. The topological polar surface area (TPSA) is 52.3 Å². The first-order chi connectivity index (χ1) is 6.63. The third kappa shape index (κ3) is 2.62. The third-order valence-corrected chi connectivity index (χ3v) is 1.80. The number of ether oxygens (including phenoxy) is 1. The van der Waals surface area contributed by atoms with Gasteiger partial charge in [0.15, 0.2) is 0 Å². The molecule has 1 aromatic carbocycles. The first-order valence-electron chi connectivity index (χ1n) is 4.39. The first kappa shape index (κ1) is 10.3. The second kappa shape index (κ2) is 4.46. The maximum absolute atomic E-state index is 11.0. The monoisotopic (exact) mass is 191 g/mol. The molecule has 0 aliphatic rings. The number of carbonyl (C=O) groups is 1. The summed E-state index contributed by atoms with van der Waals surface area (Å²) in [7, 11) is 0. The van der Waals surface area contributed by atoms with Gasteiger partial charge in [-0.25, -0.2) is 4.79 Å². The van der Waals surface area contributed by atoms with Gasteiger partial charge in [-0.05, 0) is 24.1 Å². The van der Waals surface area contributed by atoms with Crippen LogP contribution in [0.2, 0.25) is 0 Å². The highest BCUT2D eigenvalue weighted by molar-refractivity contribution is 5.88. The molecule has 0 spiro atoms. The van der Waals surface area contributed by atoms with Gasteiger partial charge < -0.3 is 10.5 Å². The van der Waals surface area contributed by atoms with Crippen LogP contribution in [0.25, 0.3) is 0 Å². The molecule has 0 radical (unpaired) electrons. The molecular formula is C11H13NO2. The standard InChI is InChI=1S/C11H13NO2/c1-3-9-4-6-10(7-5-9)14-11(13)8(2)12/h4-7H,2-3,12H2,1H3. The zero-order chi connectivity index (χ0) is 10.6. The molecule has 0 aliphatic heterocycles. The molecule has 3 heteroatoms. The van der Waals surface area contributed by atoms with E-state index in [2.05, 4.69) is 13.5 Å². The van der Waals surface area contributed by atoms with E-state index >= 15 is 0 Å². The number of esters is 1. The van der Waals surface area contributed by atoms with Crippen LogP contribution in [-0.2, 0) is 11.2 Å². The number of carbonyl (C=O) groups excluding carboxylic acids is 1. The highest BCUT2D eigenvalue weighted by Gasteiger charge is 2.05. The van der Waals surface area contributed by atoms with E-state index in [-0.39, 0.29) is 5.70 Å². The van der Waals surface area contributed by atoms with E-state index in [4.69, 9.17) is 10.5 Å². The van der Waals surface area contributed by atoms with Crippen molar-refractivity contribution in [1.82, 2.24) is 0 Å². The minimum Gasteiger partial charge on any atom is -0.422 e. The summed E-state index contributed by atoms with van der Waals surface area (Å²) in [4.78, 5) is 11.0. The highest BCUT2D eigenvalue weighted by Crippen LogP contribution is 2.13. The molecule has 1 rings (SSSR count). The van der Waals surface area contributed by atoms with Gasteiger partial charge in [-0.1, -0.05) is 25.6 Å². The number of benzene rings is 1. The number of rotatable bonds is 3. The molecule has 0 fully saturated rings. The predicted molar refractivity (Wildman–Crippen MR) is 54.8 cm³/mol. The largest absolute Gasteiger partial charge is 0.422 e. The van der Waals surface area contributed by atoms with Crippen molar-refractivity contribution in [3.8, 4) is 5.75 Å². The van der Waals surface area contributed by atoms with Crippen molar-refractivity contribution in [3.63, 3.8) is 0 Å². The van der Waals surface area contributed by atoms with Gasteiger partial charge in [0.1, 0.15) is 11.4 Å². The quantitative estimate of drug-likeness (QED) is 0.449. The van der Waals surface area contributed by atoms with Gasteiger partial charge in [0.05, 0.1) is 0 Å². The SMILES string of the molecule is C=C(N)C(=O)Oc1ccc(CC)cc1. The molecule has 0 unspecified atom stereocenters. The Morgan fingerprint density at radius 2 is 2.00 bits per heavy atom. The second-order valence-electron chi connectivity index (χ2n) is 2.91. The molecule has 0 saturated heterocycles. The Balaban J connectivity index is 2.69. The van der Waals surface area contributed by atoms with Gasteiger partial charge in [-0.3, -0.25) is 0 Å². The Morgan fingerprint density at radius 1 is 1.43 bits per heavy atom. The predicted octanol–water partition coefficient (Wildman–Crippen LogP) is 1.63. The van der Waals surface area contributed by atoms with Gasteiger partial charge >= 0.3 is 5.97 Å². The van der Waals surface area contributed by atoms with Crippen molar-refractivity contribution in [2.45, 2.75) is 13.3 Å². The van der Waals surface area contributed by atoms with Crippen LogP contribution in [0.4, 0.5) is 0 Å². The molecule has 0 aromatic heterocycles. The lowest BCUT2D eigenvalue weighted by atomic mass is 10.2. The summed E-state index contributed by atoms with van der Waals surface area (Å²) >= 11 is 0. The van der Waals surface area contributed by atoms with Gasteiger partial charge in [0, 0.05) is 0 Å². The average molecular weight is 191 g/mol. The van der Waals surface area contributed by atoms with Crippen molar-refractivity contribution in [2.24, 2.45) is 5.73 Å². The highest BCUT2D eigenvalue weighted by atomic mass is 16.5. The molecular weight excluding hydrogens is 178 g/mol. The van der Waals surface area contributed by atoms with Crippen LogP contribution >= 0.6 is 0 Å². The van der Waals surface area contributed by atoms with Gasteiger partial charge in [0.2, 0.25) is 0 Å². The van der Waals surface area contributed by atoms with Crippen LogP contribution in [0.5, 0.6) is 5.75 Å². The van der Waals surface area contributed by atoms with Gasteiger partial charge in [-0.15, -0.1) is 0 Å². The zero-order valence-electron chi connectivity index (χ0n) is 8.12. The van der Waals surface area contributed by atoms with Crippen LogP contribution in [-0.4, -0.2) is 5.97 Å². The van der Waals surface area contributed by atoms with E-state index in [9.17, 15) is 4.79 Å². The van der Waals surface area contributed by atoms with Crippen molar-refractivity contribution < 1.29 is 9.53 Å². The van der Waals surface area contributed by atoms with Crippen LogP contribution in [0, 0.1) is 0 Å². The van der Waals surface area contributed by atoms with E-state index in [0.717, 1.165) is 6.42 Å². The minimum atomic E-state index is -0.603. The first-order valence-corrected chi connectivity index (χ1v) is 4.39. The smallest absolute Gasteiger partial charge is 0.358 e. The average Bonchev–Trinajstić information content (AvgIpc) is 2.19. The summed E-state index contributed by atoms with van der Waals surface area (Å²) in [6.45, 7) is 5.35. The third-order valence-electron chi connectivity index (χ3n) is 1.80. The van der Waals surface area contributed by atoms with Crippen LogP contribution in [0.3, 0.4) is 0 Å². The Kier molecular flexibility index (Phi) is 3.29. The van der Waals surface area contributed by atoms with Crippen molar-refractivity contribution in [3.05, 3.63) is 42.1 Å². The number of hydrogen-bond acceptors (Lipinski definition) is 3. The van der Waals surface area contributed by atoms with E-state index < -0.39 is 5.97 Å². The molecule has 1 aromatic rings. The van der Waals surface area contributed by atoms with Crippen molar-refractivity contribution >= 4 is 5.97 Å². The van der Waals surface area contributed by atoms with Crippen LogP contribution in [0.1, 0.15) is 12.5 Å². The molecule has 0 aliphatic carbocycles. The molecule has 0 saturated carbocycles. The maximum Gasteiger partial charge on any atom is 0.358 e. The lowest BCUT2D eigenvalue weighted by Crippen LogP contribution is -2.16. The molecule has 0 heterocycles. The van der Waals surface area contributed by atoms with Gasteiger partial charge in [-0.2, -0.15) is 0 Å². The molecule has 3 nitrogen and oxygen atoms in total. The molecule has 0 amide bonds. The summed E-state index contributed by atoms with van der Waals surface area (Å²) in [5.41, 5.74) is 6.27. The fourth-order valence-corrected chi connectivity index (χ4v) is 0.966. The van der Waals surface area contributed by atoms with E-state index in [0.29, 0.717) is 5.75 Å². The second-order valence-corrected chi connectivity index (χ2v) is 2.91. The molecule has 14 heavy (non-hydrogen) atoms. The lowest BCUT2D eigenvalue weighted by Gasteiger charge is -2.03. The Morgan fingerprint density at radius 3 is 2.43 bits per heavy atom. The Labute approximate surface area is 83.2 Å². The number of nitrogens with two attached hydrogens (primary N) is 1. The summed E-state index contributed by atoms with van der Waals surface area (Å²) in [5, 5.41) is 0. The Bertz CT molecular complexity index is 341. The summed E-state index contributed by atoms with van der Waals surface area (Å²) in [6.07, 6.45) is 0.956. The lowest BCUT2D eigenvalue weighted by molar-refractivity contribution is -0.130. The zero-order valence-corrected chi connectivity index (χ0v) is 8.12. The molecule has 74 valence electrons. The van der Waals surface area contributed by atoms with E-state index in [1.807, 2.05) is 12.1 Å². The molecule has 0 atom stereocenters. The minimum absolute atomic E-state index is 0.0930. The normalized spacial score (nSPS) is 9.50. The van der Waals surface area contributed by atoms with Crippen LogP contribution < -0.4 is 10.5 Å². The van der Waals surface area contributed by atoms with Gasteiger partial charge in [0.25, 0.3) is 0 Å². The molecule has 0 bridgehead atoms. The van der Waals surface area contributed by atoms with E-state index in [1.165, 1.54) is 5.56 Å². The fourth-order valence-electron chi connectivity index (χ4n) is 0.966. The van der Waals surface area contributed by atoms with Crippen molar-refractivity contribution in [2.75, 3.05) is 0 Å². The molecule has 2 N–H and O–H groups in total. The fraction of sp³-hybridized carbons (Fsp3) is 0.182. The van der Waals surface area contributed by atoms with E-state index in [1.54, 1.807) is 12.1 Å². The van der Waals surface area contributed by atoms with Crippen LogP contribution in [0.15, 0.2) is 36.5 Å².